The van der Waals surface area contributed by atoms with Crippen molar-refractivity contribution in [3.05, 3.63) is 23.9 Å². The van der Waals surface area contributed by atoms with Crippen LogP contribution in [0.3, 0.4) is 0 Å². The van der Waals surface area contributed by atoms with E-state index in [0.29, 0.717) is 0 Å². The Hall–Kier alpha value is -1.62. The first-order valence-corrected chi connectivity index (χ1v) is 6.75. The summed E-state index contributed by atoms with van der Waals surface area (Å²) in [5, 5.41) is 12.2. The fourth-order valence-electron chi connectivity index (χ4n) is 2.46. The zero-order valence-corrected chi connectivity index (χ0v) is 11.5. The Morgan fingerprint density at radius 3 is 2.89 bits per heavy atom. The van der Waals surface area contributed by atoms with Crippen LogP contribution < -0.4 is 10.2 Å². The summed E-state index contributed by atoms with van der Waals surface area (Å²) >= 11 is 0. The summed E-state index contributed by atoms with van der Waals surface area (Å²) < 4.78 is 0. The number of likely N-dealkylation sites (N-methyl/N-ethyl adjacent to an activating group) is 1. The number of carbonyl (C=O) groups excluding carboxylic acids is 1. The van der Waals surface area contributed by atoms with Gasteiger partial charge in [0.2, 0.25) is 5.91 Å². The van der Waals surface area contributed by atoms with E-state index in [1.54, 1.807) is 20.2 Å². The molecule has 1 aliphatic rings. The number of amides is 1. The number of aromatic nitrogens is 1. The van der Waals surface area contributed by atoms with Crippen LogP contribution in [0.5, 0.6) is 0 Å². The van der Waals surface area contributed by atoms with Crippen molar-refractivity contribution in [2.45, 2.75) is 38.3 Å². The molecule has 19 heavy (non-hydrogen) atoms. The number of carbonyl (C=O) groups is 1. The largest absolute Gasteiger partial charge is 0.389 e. The molecule has 2 heterocycles. The Labute approximate surface area is 113 Å². The van der Waals surface area contributed by atoms with Gasteiger partial charge in [0, 0.05) is 19.8 Å². The third-order valence-corrected chi connectivity index (χ3v) is 3.60. The minimum absolute atomic E-state index is 0.0427. The normalized spacial score (nSPS) is 21.0. The summed E-state index contributed by atoms with van der Waals surface area (Å²) in [6.45, 7) is 2.56. The smallest absolute Gasteiger partial charge is 0.242 e. The van der Waals surface area contributed by atoms with Gasteiger partial charge in [-0.05, 0) is 37.8 Å². The van der Waals surface area contributed by atoms with Crippen molar-refractivity contribution < 1.29 is 9.90 Å². The molecule has 5 nitrogen and oxygen atoms in total. The van der Waals surface area contributed by atoms with Crippen LogP contribution in [0.25, 0.3) is 0 Å². The number of rotatable bonds is 3. The number of nitrogens with one attached hydrogen (secondary N) is 1. The fourth-order valence-corrected chi connectivity index (χ4v) is 2.46. The number of piperidine rings is 1. The van der Waals surface area contributed by atoms with Crippen molar-refractivity contribution in [1.29, 1.82) is 0 Å². The molecule has 104 valence electrons. The molecule has 2 atom stereocenters. The molecule has 1 amide bonds. The molecular weight excluding hydrogens is 242 g/mol. The third kappa shape index (κ3) is 3.04. The van der Waals surface area contributed by atoms with Gasteiger partial charge in [0.25, 0.3) is 0 Å². The molecule has 0 bridgehead atoms. The van der Waals surface area contributed by atoms with E-state index in [1.807, 2.05) is 17.0 Å². The fraction of sp³-hybridized carbons (Fsp3) is 0.571. The van der Waals surface area contributed by atoms with Crippen LogP contribution in [0, 0.1) is 0 Å². The number of hydrogen-bond acceptors (Lipinski definition) is 4. The topological polar surface area (TPSA) is 65.5 Å². The van der Waals surface area contributed by atoms with Crippen molar-refractivity contribution in [3.63, 3.8) is 0 Å². The van der Waals surface area contributed by atoms with Gasteiger partial charge in [0.1, 0.15) is 11.9 Å². The van der Waals surface area contributed by atoms with Crippen LogP contribution in [-0.4, -0.2) is 35.6 Å². The molecule has 0 spiro atoms. The van der Waals surface area contributed by atoms with Gasteiger partial charge in [0.15, 0.2) is 0 Å². The average molecular weight is 263 g/mol. The molecule has 1 saturated heterocycles. The molecule has 2 unspecified atom stereocenters. The van der Waals surface area contributed by atoms with Crippen LogP contribution in [-0.2, 0) is 4.79 Å². The zero-order valence-electron chi connectivity index (χ0n) is 11.5. The predicted octanol–water partition coefficient (Wildman–Crippen LogP) is 1.24. The quantitative estimate of drug-likeness (QED) is 0.861. The molecule has 0 radical (unpaired) electrons. The number of aliphatic hydroxyl groups excluding tert-OH is 1. The van der Waals surface area contributed by atoms with Crippen molar-refractivity contribution >= 4 is 11.7 Å². The van der Waals surface area contributed by atoms with E-state index in [4.69, 9.17) is 0 Å². The first kappa shape index (κ1) is 13.8. The lowest BCUT2D eigenvalue weighted by Crippen LogP contribution is -2.49. The summed E-state index contributed by atoms with van der Waals surface area (Å²) in [6.07, 6.45) is 4.17. The van der Waals surface area contributed by atoms with Gasteiger partial charge in [-0.15, -0.1) is 0 Å². The molecule has 1 aromatic heterocycles. The monoisotopic (exact) mass is 263 g/mol. The molecule has 0 saturated carbocycles. The SMILES string of the molecule is CNC(=O)C1CCCCN1c1ccc(C(C)O)cn1. The Bertz CT molecular complexity index is 431. The first-order chi connectivity index (χ1) is 9.13. The van der Waals surface area contributed by atoms with E-state index in [-0.39, 0.29) is 11.9 Å². The van der Waals surface area contributed by atoms with E-state index in [9.17, 15) is 9.90 Å². The first-order valence-electron chi connectivity index (χ1n) is 6.75. The highest BCUT2D eigenvalue weighted by Crippen LogP contribution is 2.24. The van der Waals surface area contributed by atoms with Crippen molar-refractivity contribution in [2.24, 2.45) is 0 Å². The Kier molecular flexibility index (Phi) is 4.37. The molecule has 0 aliphatic carbocycles. The highest BCUT2D eigenvalue weighted by Gasteiger charge is 2.28. The van der Waals surface area contributed by atoms with Gasteiger partial charge in [0.05, 0.1) is 6.10 Å². The van der Waals surface area contributed by atoms with E-state index >= 15 is 0 Å². The van der Waals surface area contributed by atoms with E-state index in [1.165, 1.54) is 0 Å². The molecular formula is C14H21N3O2. The summed E-state index contributed by atoms with van der Waals surface area (Å²) in [5.74, 6) is 0.846. The Morgan fingerprint density at radius 2 is 2.32 bits per heavy atom. The van der Waals surface area contributed by atoms with Gasteiger partial charge in [-0.3, -0.25) is 4.79 Å². The van der Waals surface area contributed by atoms with Gasteiger partial charge in [-0.1, -0.05) is 6.07 Å². The maximum Gasteiger partial charge on any atom is 0.242 e. The van der Waals surface area contributed by atoms with Crippen molar-refractivity contribution in [2.75, 3.05) is 18.5 Å². The summed E-state index contributed by atoms with van der Waals surface area (Å²) in [4.78, 5) is 18.3. The minimum Gasteiger partial charge on any atom is -0.389 e. The van der Waals surface area contributed by atoms with Gasteiger partial charge >= 0.3 is 0 Å². The van der Waals surface area contributed by atoms with Gasteiger partial charge in [-0.25, -0.2) is 4.98 Å². The van der Waals surface area contributed by atoms with Crippen LogP contribution in [0.1, 0.15) is 37.9 Å². The second-order valence-corrected chi connectivity index (χ2v) is 4.94. The summed E-state index contributed by atoms with van der Waals surface area (Å²) in [6, 6.07) is 3.61. The zero-order chi connectivity index (χ0) is 13.8. The average Bonchev–Trinajstić information content (AvgIpc) is 2.46. The number of anilines is 1. The lowest BCUT2D eigenvalue weighted by molar-refractivity contribution is -0.122. The van der Waals surface area contributed by atoms with Crippen molar-refractivity contribution in [1.82, 2.24) is 10.3 Å². The molecule has 5 heteroatoms. The number of aliphatic hydroxyl groups is 1. The van der Waals surface area contributed by atoms with E-state index < -0.39 is 6.10 Å². The minimum atomic E-state index is -0.516. The van der Waals surface area contributed by atoms with Crippen LogP contribution in [0.2, 0.25) is 0 Å². The number of nitrogens with zero attached hydrogens (tertiary/aromatic N) is 2. The van der Waals surface area contributed by atoms with Crippen LogP contribution in [0.15, 0.2) is 18.3 Å². The highest BCUT2D eigenvalue weighted by atomic mass is 16.3. The Morgan fingerprint density at radius 1 is 1.53 bits per heavy atom. The summed E-state index contributed by atoms with van der Waals surface area (Å²) in [5.41, 5.74) is 0.789. The molecule has 1 fully saturated rings. The number of hydrogen-bond donors (Lipinski definition) is 2. The van der Waals surface area contributed by atoms with E-state index in [2.05, 4.69) is 10.3 Å². The van der Waals surface area contributed by atoms with Gasteiger partial charge < -0.3 is 15.3 Å². The molecule has 1 aromatic rings. The van der Waals surface area contributed by atoms with Gasteiger partial charge in [-0.2, -0.15) is 0 Å². The van der Waals surface area contributed by atoms with Crippen LogP contribution >= 0.6 is 0 Å². The summed E-state index contributed by atoms with van der Waals surface area (Å²) in [7, 11) is 1.67. The predicted molar refractivity (Wildman–Crippen MR) is 73.9 cm³/mol. The molecule has 2 N–H and O–H groups in total. The second-order valence-electron chi connectivity index (χ2n) is 4.94. The molecule has 2 rings (SSSR count). The van der Waals surface area contributed by atoms with E-state index in [0.717, 1.165) is 37.2 Å². The third-order valence-electron chi connectivity index (χ3n) is 3.60. The second kappa shape index (κ2) is 6.02. The van der Waals surface area contributed by atoms with Crippen molar-refractivity contribution in [3.8, 4) is 0 Å². The number of pyridine rings is 1. The maximum atomic E-state index is 11.9. The van der Waals surface area contributed by atoms with Crippen LogP contribution in [0.4, 0.5) is 5.82 Å². The molecule has 1 aliphatic heterocycles. The molecule has 0 aromatic carbocycles. The standard InChI is InChI=1S/C14H21N3O2/c1-10(18)11-6-7-13(16-9-11)17-8-4-3-5-12(17)14(19)15-2/h6-7,9-10,12,18H,3-5,8H2,1-2H3,(H,15,19). The Balaban J connectivity index is 2.19. The lowest BCUT2D eigenvalue weighted by atomic mass is 10.0. The lowest BCUT2D eigenvalue weighted by Gasteiger charge is -2.35. The maximum absolute atomic E-state index is 11.9. The highest BCUT2D eigenvalue weighted by molar-refractivity contribution is 5.84.